The summed E-state index contributed by atoms with van der Waals surface area (Å²) in [6, 6.07) is 13.3. The highest BCUT2D eigenvalue weighted by Gasteiger charge is 2.15. The number of benzene rings is 2. The molecule has 0 amide bonds. The van der Waals surface area contributed by atoms with E-state index in [1.807, 2.05) is 36.4 Å². The van der Waals surface area contributed by atoms with Crippen molar-refractivity contribution in [1.29, 1.82) is 0 Å². The summed E-state index contributed by atoms with van der Waals surface area (Å²) in [6.07, 6.45) is 0. The van der Waals surface area contributed by atoms with Crippen molar-refractivity contribution in [3.05, 3.63) is 57.8 Å². The normalized spacial score (nSPS) is 11.7. The first-order valence-electron chi connectivity index (χ1n) is 7.04. The second kappa shape index (κ2) is 4.87. The fourth-order valence-corrected chi connectivity index (χ4v) is 3.26. The van der Waals surface area contributed by atoms with Gasteiger partial charge in [0.05, 0.1) is 12.1 Å². The van der Waals surface area contributed by atoms with E-state index in [9.17, 15) is 9.90 Å². The lowest BCUT2D eigenvalue weighted by Gasteiger charge is -2.10. The molecule has 0 aliphatic carbocycles. The molecule has 4 nitrogen and oxygen atoms in total. The molecule has 0 radical (unpaired) electrons. The number of nitrogens with one attached hydrogen (secondary N) is 1. The van der Waals surface area contributed by atoms with Crippen LogP contribution >= 0.6 is 11.6 Å². The minimum absolute atomic E-state index is 0.0819. The smallest absolute Gasteiger partial charge is 0.275 e. The largest absolute Gasteiger partial charge is 0.395 e. The fourth-order valence-electron chi connectivity index (χ4n) is 3.09. The Bertz CT molecular complexity index is 1080. The average molecular weight is 313 g/mol. The quantitative estimate of drug-likeness (QED) is 0.597. The van der Waals surface area contributed by atoms with E-state index in [1.165, 1.54) is 0 Å². The van der Waals surface area contributed by atoms with E-state index in [0.717, 1.165) is 27.2 Å². The molecule has 0 aliphatic heterocycles. The van der Waals surface area contributed by atoms with Crippen LogP contribution in [0.2, 0.25) is 5.02 Å². The molecule has 2 N–H and O–H groups in total. The number of pyridine rings is 1. The van der Waals surface area contributed by atoms with E-state index in [0.29, 0.717) is 10.5 Å². The summed E-state index contributed by atoms with van der Waals surface area (Å²) >= 11 is 6.12. The molecule has 5 heteroatoms. The topological polar surface area (TPSA) is 58.0 Å². The van der Waals surface area contributed by atoms with E-state index in [-0.39, 0.29) is 18.7 Å². The average Bonchev–Trinajstić information content (AvgIpc) is 2.90. The highest BCUT2D eigenvalue weighted by atomic mass is 35.5. The lowest BCUT2D eigenvalue weighted by molar-refractivity contribution is 0.276. The van der Waals surface area contributed by atoms with Crippen molar-refractivity contribution in [1.82, 2.24) is 9.55 Å². The highest BCUT2D eigenvalue weighted by Crippen LogP contribution is 2.31. The minimum atomic E-state index is -0.130. The molecule has 22 heavy (non-hydrogen) atoms. The van der Waals surface area contributed by atoms with Crippen LogP contribution in [0.1, 0.15) is 0 Å². The Labute approximate surface area is 130 Å². The Kier molecular flexibility index (Phi) is 2.96. The fraction of sp³-hybridized carbons (Fsp3) is 0.118. The molecule has 0 spiro atoms. The second-order valence-electron chi connectivity index (χ2n) is 5.26. The third kappa shape index (κ3) is 1.78. The van der Waals surface area contributed by atoms with Crippen molar-refractivity contribution >= 4 is 44.3 Å². The molecule has 0 bridgehead atoms. The first-order valence-corrected chi connectivity index (χ1v) is 7.42. The van der Waals surface area contributed by atoms with Gasteiger partial charge >= 0.3 is 0 Å². The van der Waals surface area contributed by atoms with Gasteiger partial charge in [0.25, 0.3) is 5.56 Å². The standard InChI is InChI=1S/C17H13ClN2O2/c18-10-5-6-13-12(9-10)15-11-3-1-2-4-14(11)20(7-8-21)17(22)16(15)19-13/h1-6,9,19,21H,7-8H2. The number of para-hydroxylation sites is 1. The molecule has 0 saturated carbocycles. The number of halogens is 1. The number of hydrogen-bond donors (Lipinski definition) is 2. The van der Waals surface area contributed by atoms with Crippen LogP contribution in [-0.4, -0.2) is 21.3 Å². The SMILES string of the molecule is O=c1c2[nH]c3ccc(Cl)cc3c2c2ccccc2n1CCO. The van der Waals surface area contributed by atoms with Crippen LogP contribution in [0.3, 0.4) is 0 Å². The van der Waals surface area contributed by atoms with Crippen molar-refractivity contribution in [2.45, 2.75) is 6.54 Å². The molecule has 0 atom stereocenters. The molecule has 0 fully saturated rings. The zero-order valence-corrected chi connectivity index (χ0v) is 12.4. The van der Waals surface area contributed by atoms with Crippen LogP contribution in [0.4, 0.5) is 0 Å². The molecule has 0 aliphatic rings. The van der Waals surface area contributed by atoms with Gasteiger partial charge in [0.15, 0.2) is 0 Å². The second-order valence-corrected chi connectivity index (χ2v) is 5.70. The molecule has 4 aromatic rings. The van der Waals surface area contributed by atoms with Crippen LogP contribution in [0.15, 0.2) is 47.3 Å². The highest BCUT2D eigenvalue weighted by molar-refractivity contribution is 6.32. The van der Waals surface area contributed by atoms with Gasteiger partial charge in [-0.1, -0.05) is 29.8 Å². The van der Waals surface area contributed by atoms with Crippen molar-refractivity contribution in [3.8, 4) is 0 Å². The molecule has 0 saturated heterocycles. The number of hydrogen-bond acceptors (Lipinski definition) is 2. The van der Waals surface area contributed by atoms with Crippen molar-refractivity contribution in [2.24, 2.45) is 0 Å². The van der Waals surface area contributed by atoms with Crippen molar-refractivity contribution in [3.63, 3.8) is 0 Å². The number of nitrogens with zero attached hydrogens (tertiary/aromatic N) is 1. The van der Waals surface area contributed by atoms with Crippen LogP contribution < -0.4 is 5.56 Å². The minimum Gasteiger partial charge on any atom is -0.395 e. The molecule has 4 rings (SSSR count). The maximum absolute atomic E-state index is 12.8. The van der Waals surface area contributed by atoms with E-state index in [4.69, 9.17) is 11.6 Å². The van der Waals surface area contributed by atoms with Gasteiger partial charge < -0.3 is 14.7 Å². The first-order chi connectivity index (χ1) is 10.7. The molecule has 0 unspecified atom stereocenters. The molecular formula is C17H13ClN2O2. The Balaban J connectivity index is 2.32. The van der Waals surface area contributed by atoms with Crippen LogP contribution in [0, 0.1) is 0 Å². The summed E-state index contributed by atoms with van der Waals surface area (Å²) in [4.78, 5) is 16.0. The number of fused-ring (bicyclic) bond motifs is 5. The first kappa shape index (κ1) is 13.4. The molecule has 110 valence electrons. The third-order valence-electron chi connectivity index (χ3n) is 4.01. The summed E-state index contributed by atoms with van der Waals surface area (Å²) < 4.78 is 1.61. The monoisotopic (exact) mass is 312 g/mol. The van der Waals surface area contributed by atoms with E-state index >= 15 is 0 Å². The molecule has 2 aromatic carbocycles. The molecule has 2 aromatic heterocycles. The number of aliphatic hydroxyl groups excluding tert-OH is 1. The van der Waals surface area contributed by atoms with Gasteiger partial charge in [-0.3, -0.25) is 4.79 Å². The van der Waals surface area contributed by atoms with Gasteiger partial charge in [0, 0.05) is 33.2 Å². The van der Waals surface area contributed by atoms with Crippen molar-refractivity contribution in [2.75, 3.05) is 6.61 Å². The Morgan fingerprint density at radius 2 is 1.95 bits per heavy atom. The van der Waals surface area contributed by atoms with Crippen molar-refractivity contribution < 1.29 is 5.11 Å². The Hall–Kier alpha value is -2.30. The maximum atomic E-state index is 12.8. The molecule has 2 heterocycles. The summed E-state index contributed by atoms with van der Waals surface area (Å²) in [5.41, 5.74) is 2.11. The number of aromatic amines is 1. The van der Waals surface area contributed by atoms with Crippen LogP contribution in [0.25, 0.3) is 32.7 Å². The number of aromatic nitrogens is 2. The van der Waals surface area contributed by atoms with Crippen LogP contribution in [-0.2, 0) is 6.54 Å². The van der Waals surface area contributed by atoms with Gasteiger partial charge in [-0.15, -0.1) is 0 Å². The summed E-state index contributed by atoms with van der Waals surface area (Å²) in [5.74, 6) is 0. The predicted octanol–water partition coefficient (Wildman–Crippen LogP) is 3.28. The maximum Gasteiger partial charge on any atom is 0.275 e. The van der Waals surface area contributed by atoms with E-state index in [2.05, 4.69) is 4.98 Å². The number of H-pyrrole nitrogens is 1. The summed E-state index contributed by atoms with van der Waals surface area (Å²) in [5, 5.41) is 12.7. The van der Waals surface area contributed by atoms with Gasteiger partial charge in [-0.2, -0.15) is 0 Å². The van der Waals surface area contributed by atoms with E-state index in [1.54, 1.807) is 10.6 Å². The zero-order valence-electron chi connectivity index (χ0n) is 11.6. The zero-order chi connectivity index (χ0) is 15.3. The van der Waals surface area contributed by atoms with Gasteiger partial charge in [0.2, 0.25) is 0 Å². The summed E-state index contributed by atoms with van der Waals surface area (Å²) in [7, 11) is 0. The van der Waals surface area contributed by atoms with Gasteiger partial charge in [0.1, 0.15) is 5.52 Å². The number of rotatable bonds is 2. The van der Waals surface area contributed by atoms with E-state index < -0.39 is 0 Å². The lowest BCUT2D eigenvalue weighted by Crippen LogP contribution is -2.22. The number of aliphatic hydroxyl groups is 1. The van der Waals surface area contributed by atoms with Gasteiger partial charge in [-0.05, 0) is 24.3 Å². The Morgan fingerprint density at radius 3 is 2.77 bits per heavy atom. The van der Waals surface area contributed by atoms with Crippen LogP contribution in [0.5, 0.6) is 0 Å². The summed E-state index contributed by atoms with van der Waals surface area (Å²) in [6.45, 7) is 0.187. The predicted molar refractivity (Wildman–Crippen MR) is 89.7 cm³/mol. The Morgan fingerprint density at radius 1 is 1.14 bits per heavy atom. The van der Waals surface area contributed by atoms with Gasteiger partial charge in [-0.25, -0.2) is 0 Å². The lowest BCUT2D eigenvalue weighted by atomic mass is 10.1. The molecular weight excluding hydrogens is 300 g/mol. The third-order valence-corrected chi connectivity index (χ3v) is 4.24.